The molecule has 0 spiro atoms. The van der Waals surface area contributed by atoms with Gasteiger partial charge in [0.15, 0.2) is 0 Å². The highest BCUT2D eigenvalue weighted by molar-refractivity contribution is 9.10. The van der Waals surface area contributed by atoms with Gasteiger partial charge in [-0.3, -0.25) is 9.59 Å². The molecule has 5 nitrogen and oxygen atoms in total. The first-order valence-electron chi connectivity index (χ1n) is 8.49. The van der Waals surface area contributed by atoms with E-state index in [0.717, 1.165) is 41.8 Å². The number of nitrogens with zero attached hydrogens (tertiary/aromatic N) is 2. The molecule has 0 radical (unpaired) electrons. The molecule has 2 aliphatic rings. The largest absolute Gasteiger partial charge is 0.342 e. The first-order valence-corrected chi connectivity index (χ1v) is 9.28. The van der Waals surface area contributed by atoms with E-state index in [1.807, 2.05) is 37.1 Å². The predicted octanol–water partition coefficient (Wildman–Crippen LogP) is 2.18. The lowest BCUT2D eigenvalue weighted by atomic mass is 10.1. The van der Waals surface area contributed by atoms with Crippen LogP contribution in [0.1, 0.15) is 18.4 Å². The van der Waals surface area contributed by atoms with Crippen molar-refractivity contribution in [1.29, 1.82) is 0 Å². The van der Waals surface area contributed by atoms with Crippen LogP contribution in [0.3, 0.4) is 0 Å². The zero-order valence-electron chi connectivity index (χ0n) is 14.2. The molecule has 0 aromatic heterocycles. The Hall–Kier alpha value is -1.40. The van der Waals surface area contributed by atoms with E-state index in [2.05, 4.69) is 21.2 Å². The number of carbonyl (C=O) groups is 2. The fourth-order valence-electron chi connectivity index (χ4n) is 3.67. The first kappa shape index (κ1) is 17.4. The topological polar surface area (TPSA) is 52.7 Å². The molecule has 2 aliphatic heterocycles. The van der Waals surface area contributed by atoms with E-state index in [-0.39, 0.29) is 17.7 Å². The van der Waals surface area contributed by atoms with Gasteiger partial charge in [0, 0.05) is 36.2 Å². The average Bonchev–Trinajstić information content (AvgIpc) is 3.17. The van der Waals surface area contributed by atoms with Crippen LogP contribution in [-0.4, -0.2) is 49.9 Å². The number of anilines is 1. The molecule has 6 heteroatoms. The molecule has 2 saturated heterocycles. The molecule has 3 rings (SSSR count). The Labute approximate surface area is 151 Å². The van der Waals surface area contributed by atoms with E-state index < -0.39 is 0 Å². The molecule has 1 N–H and O–H groups in total. The minimum atomic E-state index is -0.213. The van der Waals surface area contributed by atoms with Gasteiger partial charge in [-0.15, -0.1) is 0 Å². The summed E-state index contributed by atoms with van der Waals surface area (Å²) < 4.78 is 1.03. The Balaban J connectivity index is 1.66. The molecule has 0 saturated carbocycles. The third kappa shape index (κ3) is 3.49. The van der Waals surface area contributed by atoms with E-state index in [9.17, 15) is 9.59 Å². The van der Waals surface area contributed by atoms with Crippen molar-refractivity contribution in [1.82, 2.24) is 10.2 Å². The van der Waals surface area contributed by atoms with Crippen LogP contribution in [0, 0.1) is 18.8 Å². The van der Waals surface area contributed by atoms with Gasteiger partial charge >= 0.3 is 0 Å². The van der Waals surface area contributed by atoms with Crippen LogP contribution in [0.25, 0.3) is 0 Å². The van der Waals surface area contributed by atoms with E-state index in [4.69, 9.17) is 0 Å². The summed E-state index contributed by atoms with van der Waals surface area (Å²) in [6.07, 6.45) is 1.37. The maximum absolute atomic E-state index is 12.8. The Morgan fingerprint density at radius 1 is 1.38 bits per heavy atom. The molecule has 1 aromatic carbocycles. The first-order chi connectivity index (χ1) is 11.5. The van der Waals surface area contributed by atoms with Crippen molar-refractivity contribution >= 4 is 33.4 Å². The minimum absolute atomic E-state index is 0.0426. The Morgan fingerprint density at radius 2 is 2.17 bits per heavy atom. The summed E-state index contributed by atoms with van der Waals surface area (Å²) in [6.45, 7) is 5.06. The summed E-state index contributed by atoms with van der Waals surface area (Å²) in [5.41, 5.74) is 1.97. The van der Waals surface area contributed by atoms with Crippen LogP contribution in [0.4, 0.5) is 5.69 Å². The molecule has 2 heterocycles. The van der Waals surface area contributed by atoms with Crippen molar-refractivity contribution in [2.75, 3.05) is 38.1 Å². The maximum atomic E-state index is 12.8. The molecule has 2 amide bonds. The monoisotopic (exact) mass is 393 g/mol. The molecule has 0 unspecified atom stereocenters. The van der Waals surface area contributed by atoms with Gasteiger partial charge in [-0.2, -0.15) is 0 Å². The number of hydrogen-bond acceptors (Lipinski definition) is 3. The highest BCUT2D eigenvalue weighted by Gasteiger charge is 2.39. The fourth-order valence-corrected chi connectivity index (χ4v) is 3.91. The molecular formula is C18H24BrN3O2. The summed E-state index contributed by atoms with van der Waals surface area (Å²) in [7, 11) is 1.94. The van der Waals surface area contributed by atoms with Crippen molar-refractivity contribution in [3.63, 3.8) is 0 Å². The molecule has 2 fully saturated rings. The average molecular weight is 394 g/mol. The third-order valence-corrected chi connectivity index (χ3v) is 5.91. The smallest absolute Gasteiger partial charge is 0.228 e. The van der Waals surface area contributed by atoms with Crippen molar-refractivity contribution in [3.05, 3.63) is 28.2 Å². The third-order valence-electron chi connectivity index (χ3n) is 5.02. The zero-order chi connectivity index (χ0) is 17.3. The van der Waals surface area contributed by atoms with Crippen molar-refractivity contribution in [3.8, 4) is 0 Å². The Morgan fingerprint density at radius 3 is 2.88 bits per heavy atom. The SMILES string of the molecule is CNC[C@@H]1CCN(C(=O)[C@H]2CC(=O)N(c3ccc(Br)c(C)c3)C2)C1. The van der Waals surface area contributed by atoms with Crippen LogP contribution in [0.15, 0.2) is 22.7 Å². The van der Waals surface area contributed by atoms with Crippen molar-refractivity contribution in [2.45, 2.75) is 19.8 Å². The highest BCUT2D eigenvalue weighted by atomic mass is 79.9. The molecule has 24 heavy (non-hydrogen) atoms. The molecule has 0 aliphatic carbocycles. The van der Waals surface area contributed by atoms with Gasteiger partial charge < -0.3 is 15.1 Å². The number of nitrogens with one attached hydrogen (secondary N) is 1. The zero-order valence-corrected chi connectivity index (χ0v) is 15.8. The van der Waals surface area contributed by atoms with Gasteiger partial charge in [0.1, 0.15) is 0 Å². The maximum Gasteiger partial charge on any atom is 0.228 e. The van der Waals surface area contributed by atoms with Crippen molar-refractivity contribution < 1.29 is 9.59 Å². The molecule has 2 atom stereocenters. The minimum Gasteiger partial charge on any atom is -0.342 e. The van der Waals surface area contributed by atoms with Gasteiger partial charge in [0.25, 0.3) is 0 Å². The number of hydrogen-bond donors (Lipinski definition) is 1. The standard InChI is InChI=1S/C18H24BrN3O2/c1-12-7-15(3-4-16(12)19)22-11-14(8-17(22)23)18(24)21-6-5-13(10-21)9-20-2/h3-4,7,13-14,20H,5-6,8-11H2,1-2H3/t13-,14-/m0/s1. The second-order valence-electron chi connectivity index (χ2n) is 6.84. The van der Waals surface area contributed by atoms with Crippen LogP contribution < -0.4 is 10.2 Å². The number of benzene rings is 1. The summed E-state index contributed by atoms with van der Waals surface area (Å²) >= 11 is 3.48. The number of carbonyl (C=O) groups excluding carboxylic acids is 2. The number of aryl methyl sites for hydroxylation is 1. The summed E-state index contributed by atoms with van der Waals surface area (Å²) in [4.78, 5) is 28.9. The van der Waals surface area contributed by atoms with Gasteiger partial charge in [-0.1, -0.05) is 15.9 Å². The molecule has 0 bridgehead atoms. The molecule has 130 valence electrons. The van der Waals surface area contributed by atoms with Crippen LogP contribution >= 0.6 is 15.9 Å². The van der Waals surface area contributed by atoms with Gasteiger partial charge in [0.2, 0.25) is 11.8 Å². The number of likely N-dealkylation sites (tertiary alicyclic amines) is 1. The Kier molecular flexibility index (Phi) is 5.25. The van der Waals surface area contributed by atoms with Gasteiger partial charge in [0.05, 0.1) is 5.92 Å². The molecular weight excluding hydrogens is 370 g/mol. The summed E-state index contributed by atoms with van der Waals surface area (Å²) in [6, 6.07) is 5.88. The number of rotatable bonds is 4. The molecule has 1 aromatic rings. The second-order valence-corrected chi connectivity index (χ2v) is 7.69. The van der Waals surface area contributed by atoms with Crippen molar-refractivity contribution in [2.24, 2.45) is 11.8 Å². The quantitative estimate of drug-likeness (QED) is 0.852. The summed E-state index contributed by atoms with van der Waals surface area (Å²) in [5, 5.41) is 3.18. The van der Waals surface area contributed by atoms with Crippen LogP contribution in [-0.2, 0) is 9.59 Å². The van der Waals surface area contributed by atoms with E-state index in [0.29, 0.717) is 18.9 Å². The van der Waals surface area contributed by atoms with Crippen LogP contribution in [0.2, 0.25) is 0 Å². The predicted molar refractivity (Wildman–Crippen MR) is 98.0 cm³/mol. The Bertz CT molecular complexity index is 649. The van der Waals surface area contributed by atoms with Gasteiger partial charge in [-0.05, 0) is 56.6 Å². The number of amides is 2. The second kappa shape index (κ2) is 7.23. The van der Waals surface area contributed by atoms with E-state index >= 15 is 0 Å². The normalized spacial score (nSPS) is 24.0. The number of halogens is 1. The van der Waals surface area contributed by atoms with Crippen LogP contribution in [0.5, 0.6) is 0 Å². The lowest BCUT2D eigenvalue weighted by Crippen LogP contribution is -2.36. The van der Waals surface area contributed by atoms with Gasteiger partial charge in [-0.25, -0.2) is 0 Å². The lowest BCUT2D eigenvalue weighted by Gasteiger charge is -2.21. The fraction of sp³-hybridized carbons (Fsp3) is 0.556. The lowest BCUT2D eigenvalue weighted by molar-refractivity contribution is -0.134. The van der Waals surface area contributed by atoms with E-state index in [1.54, 1.807) is 4.90 Å². The summed E-state index contributed by atoms with van der Waals surface area (Å²) in [5.74, 6) is 0.496. The highest BCUT2D eigenvalue weighted by Crippen LogP contribution is 2.30. The van der Waals surface area contributed by atoms with E-state index in [1.165, 1.54) is 0 Å².